The molecule has 0 aromatic carbocycles. The van der Waals surface area contributed by atoms with Crippen molar-refractivity contribution in [1.29, 1.82) is 0 Å². The number of rotatable bonds is 13. The Balaban J connectivity index is 2.83. The van der Waals surface area contributed by atoms with Gasteiger partial charge in [-0.15, -0.1) is 0 Å². The summed E-state index contributed by atoms with van der Waals surface area (Å²) >= 11 is 0. The second kappa shape index (κ2) is 15.1. The van der Waals surface area contributed by atoms with Crippen molar-refractivity contribution in [2.24, 2.45) is 0 Å². The average molecular weight is 245 g/mol. The fourth-order valence-corrected chi connectivity index (χ4v) is 1.91. The van der Waals surface area contributed by atoms with Crippen molar-refractivity contribution >= 4 is 9.76 Å². The van der Waals surface area contributed by atoms with Crippen molar-refractivity contribution < 1.29 is 4.43 Å². The highest BCUT2D eigenvalue weighted by Gasteiger charge is 1.91. The number of hydrogen-bond acceptors (Lipinski definition) is 4. The molecular weight excluding hydrogens is 218 g/mol. The van der Waals surface area contributed by atoms with Crippen molar-refractivity contribution in [3.05, 3.63) is 0 Å². The summed E-state index contributed by atoms with van der Waals surface area (Å²) < 4.78 is 5.30. The van der Waals surface area contributed by atoms with Crippen LogP contribution in [0.1, 0.15) is 20.3 Å². The first kappa shape index (κ1) is 16.1. The lowest BCUT2D eigenvalue weighted by atomic mass is 10.4. The smallest absolute Gasteiger partial charge is 0.229 e. The van der Waals surface area contributed by atoms with E-state index in [1.807, 2.05) is 6.92 Å². The van der Waals surface area contributed by atoms with Crippen LogP contribution in [0.4, 0.5) is 0 Å². The van der Waals surface area contributed by atoms with E-state index in [9.17, 15) is 0 Å². The Morgan fingerprint density at radius 2 is 1.50 bits per heavy atom. The molecule has 2 radical (unpaired) electrons. The number of nitrogens with one attached hydrogen (secondary N) is 3. The number of hydrogen-bond donors (Lipinski definition) is 3. The van der Waals surface area contributed by atoms with Gasteiger partial charge in [-0.2, -0.15) is 0 Å². The predicted molar refractivity (Wildman–Crippen MR) is 71.1 cm³/mol. The topological polar surface area (TPSA) is 45.3 Å². The molecule has 16 heavy (non-hydrogen) atoms. The Hall–Kier alpha value is 0.0569. The molecule has 0 spiro atoms. The van der Waals surface area contributed by atoms with Crippen LogP contribution in [0.25, 0.3) is 0 Å². The standard InChI is InChI=1S/C11H27N3OSi/c1-3-12-7-8-14-10-9-13-6-5-11-16-15-4-2/h12-14H,3-11H2,1-2H3. The van der Waals surface area contributed by atoms with E-state index in [1.54, 1.807) is 0 Å². The molecule has 0 aromatic rings. The zero-order valence-corrected chi connectivity index (χ0v) is 11.8. The first-order valence-corrected chi connectivity index (χ1v) is 7.50. The molecule has 0 aliphatic carbocycles. The molecule has 0 aromatic heterocycles. The third kappa shape index (κ3) is 14.1. The van der Waals surface area contributed by atoms with E-state index >= 15 is 0 Å². The lowest BCUT2D eigenvalue weighted by Crippen LogP contribution is -2.32. The van der Waals surface area contributed by atoms with Crippen LogP contribution in [0.2, 0.25) is 6.04 Å². The maximum absolute atomic E-state index is 5.30. The van der Waals surface area contributed by atoms with Crippen LogP contribution in [0.15, 0.2) is 0 Å². The van der Waals surface area contributed by atoms with E-state index < -0.39 is 0 Å². The van der Waals surface area contributed by atoms with Gasteiger partial charge in [0.05, 0.1) is 0 Å². The fourth-order valence-electron chi connectivity index (χ4n) is 1.24. The highest BCUT2D eigenvalue weighted by Crippen LogP contribution is 1.86. The van der Waals surface area contributed by atoms with E-state index in [4.69, 9.17) is 4.43 Å². The molecule has 0 unspecified atom stereocenters. The molecule has 0 rings (SSSR count). The summed E-state index contributed by atoms with van der Waals surface area (Å²) in [7, 11) is 0.680. The van der Waals surface area contributed by atoms with Crippen LogP contribution in [0.5, 0.6) is 0 Å². The SMILES string of the molecule is CCNCCNCCNCCC[Si]OCC. The van der Waals surface area contributed by atoms with Crippen LogP contribution < -0.4 is 16.0 Å². The van der Waals surface area contributed by atoms with Gasteiger partial charge in [0.2, 0.25) is 9.76 Å². The summed E-state index contributed by atoms with van der Waals surface area (Å²) in [6, 6.07) is 1.19. The molecule has 0 aliphatic rings. The summed E-state index contributed by atoms with van der Waals surface area (Å²) in [4.78, 5) is 0. The predicted octanol–water partition coefficient (Wildman–Crippen LogP) is 0.239. The van der Waals surface area contributed by atoms with Crippen LogP contribution >= 0.6 is 0 Å². The quantitative estimate of drug-likeness (QED) is 0.321. The van der Waals surface area contributed by atoms with Crippen LogP contribution in [0, 0.1) is 0 Å². The third-order valence-corrected chi connectivity index (χ3v) is 3.14. The second-order valence-electron chi connectivity index (χ2n) is 3.53. The van der Waals surface area contributed by atoms with Crippen LogP contribution in [-0.2, 0) is 4.43 Å². The van der Waals surface area contributed by atoms with E-state index in [0.717, 1.165) is 45.9 Å². The third-order valence-electron chi connectivity index (χ3n) is 2.09. The molecule has 0 fully saturated rings. The molecule has 5 heteroatoms. The van der Waals surface area contributed by atoms with Gasteiger partial charge in [0, 0.05) is 32.8 Å². The average Bonchev–Trinajstić information content (AvgIpc) is 2.31. The molecule has 0 heterocycles. The van der Waals surface area contributed by atoms with Gasteiger partial charge in [0.15, 0.2) is 0 Å². The second-order valence-corrected chi connectivity index (χ2v) is 4.61. The highest BCUT2D eigenvalue weighted by atomic mass is 28.2. The maximum atomic E-state index is 5.30. The Bertz CT molecular complexity index is 114. The molecule has 4 nitrogen and oxygen atoms in total. The number of likely N-dealkylation sites (N-methyl/N-ethyl adjacent to an activating group) is 1. The van der Waals surface area contributed by atoms with Gasteiger partial charge in [-0.05, 0) is 32.5 Å². The molecule has 0 bridgehead atoms. The van der Waals surface area contributed by atoms with Crippen LogP contribution in [0.3, 0.4) is 0 Å². The summed E-state index contributed by atoms with van der Waals surface area (Å²) in [5, 5.41) is 10.1. The fraction of sp³-hybridized carbons (Fsp3) is 1.00. The first-order valence-electron chi connectivity index (χ1n) is 6.38. The van der Waals surface area contributed by atoms with E-state index in [2.05, 4.69) is 22.9 Å². The van der Waals surface area contributed by atoms with Gasteiger partial charge >= 0.3 is 0 Å². The minimum Gasteiger partial charge on any atom is -0.418 e. The summed E-state index contributed by atoms with van der Waals surface area (Å²) in [5.74, 6) is 0. The maximum Gasteiger partial charge on any atom is 0.229 e. The highest BCUT2D eigenvalue weighted by molar-refractivity contribution is 6.26. The molecule has 3 N–H and O–H groups in total. The lowest BCUT2D eigenvalue weighted by Gasteiger charge is -2.06. The van der Waals surface area contributed by atoms with Gasteiger partial charge in [0.25, 0.3) is 0 Å². The summed E-state index contributed by atoms with van der Waals surface area (Å²) in [6.07, 6.45) is 1.22. The van der Waals surface area contributed by atoms with Gasteiger partial charge in [-0.3, -0.25) is 0 Å². The normalized spacial score (nSPS) is 10.9. The van der Waals surface area contributed by atoms with Crippen molar-refractivity contribution in [1.82, 2.24) is 16.0 Å². The Morgan fingerprint density at radius 1 is 0.875 bits per heavy atom. The molecule has 0 atom stereocenters. The monoisotopic (exact) mass is 245 g/mol. The van der Waals surface area contributed by atoms with Crippen LogP contribution in [-0.4, -0.2) is 55.6 Å². The zero-order valence-electron chi connectivity index (χ0n) is 10.8. The molecule has 0 amide bonds. The minimum absolute atomic E-state index is 0.680. The minimum atomic E-state index is 0.680. The Morgan fingerprint density at radius 3 is 2.12 bits per heavy atom. The zero-order chi connectivity index (χ0) is 11.9. The summed E-state index contributed by atoms with van der Waals surface area (Å²) in [6.45, 7) is 11.4. The Kier molecular flexibility index (Phi) is 15.1. The molecule has 96 valence electrons. The summed E-state index contributed by atoms with van der Waals surface area (Å²) in [5.41, 5.74) is 0. The van der Waals surface area contributed by atoms with Crippen molar-refractivity contribution in [3.63, 3.8) is 0 Å². The van der Waals surface area contributed by atoms with Crippen molar-refractivity contribution in [2.75, 3.05) is 45.9 Å². The molecule has 0 aliphatic heterocycles. The van der Waals surface area contributed by atoms with E-state index in [1.165, 1.54) is 12.5 Å². The lowest BCUT2D eigenvalue weighted by molar-refractivity contribution is 0.359. The molecule has 0 saturated heterocycles. The van der Waals surface area contributed by atoms with Gasteiger partial charge < -0.3 is 20.4 Å². The van der Waals surface area contributed by atoms with Crippen molar-refractivity contribution in [3.8, 4) is 0 Å². The van der Waals surface area contributed by atoms with Gasteiger partial charge in [-0.1, -0.05) is 6.92 Å². The van der Waals surface area contributed by atoms with E-state index in [0.29, 0.717) is 9.76 Å². The molecular formula is C11H27N3OSi. The first-order chi connectivity index (χ1) is 7.91. The van der Waals surface area contributed by atoms with E-state index in [-0.39, 0.29) is 0 Å². The largest absolute Gasteiger partial charge is 0.418 e. The Labute approximate surface area is 103 Å². The molecule has 0 saturated carbocycles. The van der Waals surface area contributed by atoms with Crippen molar-refractivity contribution in [2.45, 2.75) is 26.3 Å². The van der Waals surface area contributed by atoms with Gasteiger partial charge in [0.1, 0.15) is 0 Å². The van der Waals surface area contributed by atoms with Gasteiger partial charge in [-0.25, -0.2) is 0 Å².